The number of rotatable bonds is 8. The summed E-state index contributed by atoms with van der Waals surface area (Å²) in [5.74, 6) is -0.0782. The Hall–Kier alpha value is -1.34. The fraction of sp³-hybridized carbons (Fsp3) is 0.571. The predicted molar refractivity (Wildman–Crippen MR) is 70.9 cm³/mol. The van der Waals surface area contributed by atoms with Crippen molar-refractivity contribution in [2.45, 2.75) is 25.6 Å². The number of nitrogens with one attached hydrogen (secondary N) is 1. The molecule has 1 atom stereocenters. The number of methoxy groups -OCH3 is 1. The maximum Gasteiger partial charge on any atom is 0.411 e. The molecule has 21 heavy (non-hydrogen) atoms. The lowest BCUT2D eigenvalue weighted by Crippen LogP contribution is -2.29. The fourth-order valence-electron chi connectivity index (χ4n) is 1.85. The van der Waals surface area contributed by atoms with Gasteiger partial charge in [-0.25, -0.2) is 4.39 Å². The van der Waals surface area contributed by atoms with Crippen molar-refractivity contribution in [1.82, 2.24) is 5.32 Å². The van der Waals surface area contributed by atoms with Gasteiger partial charge in [-0.05, 0) is 31.2 Å². The van der Waals surface area contributed by atoms with Crippen LogP contribution in [0.2, 0.25) is 0 Å². The molecule has 0 bridgehead atoms. The highest BCUT2D eigenvalue weighted by molar-refractivity contribution is 5.36. The normalized spacial score (nSPS) is 13.2. The van der Waals surface area contributed by atoms with Crippen molar-refractivity contribution in [3.05, 3.63) is 29.6 Å². The van der Waals surface area contributed by atoms with Crippen molar-refractivity contribution >= 4 is 0 Å². The Morgan fingerprint density at radius 2 is 2.00 bits per heavy atom. The minimum absolute atomic E-state index is 0.223. The average molecular weight is 309 g/mol. The number of hydrogen-bond acceptors (Lipinski definition) is 3. The maximum atomic E-state index is 13.4. The van der Waals surface area contributed by atoms with Crippen LogP contribution < -0.4 is 10.1 Å². The van der Waals surface area contributed by atoms with Gasteiger partial charge in [-0.1, -0.05) is 6.92 Å². The van der Waals surface area contributed by atoms with Gasteiger partial charge in [0.15, 0.2) is 0 Å². The van der Waals surface area contributed by atoms with Gasteiger partial charge in [-0.2, -0.15) is 13.2 Å². The van der Waals surface area contributed by atoms with E-state index in [1.54, 1.807) is 0 Å². The van der Waals surface area contributed by atoms with Gasteiger partial charge in [-0.15, -0.1) is 0 Å². The van der Waals surface area contributed by atoms with Crippen molar-refractivity contribution in [3.8, 4) is 5.75 Å². The summed E-state index contributed by atoms with van der Waals surface area (Å²) in [7, 11) is 1.42. The average Bonchev–Trinajstić information content (AvgIpc) is 2.41. The standard InChI is InChI=1S/C14H19F4NO2/c1-3-6-19-12(8-21-9-14(16,17)18)11-7-10(15)4-5-13(11)20-2/h4-5,7,12,19H,3,6,8-9H2,1-2H3. The molecule has 1 aromatic rings. The molecule has 0 aromatic heterocycles. The first kappa shape index (κ1) is 17.7. The van der Waals surface area contributed by atoms with Gasteiger partial charge < -0.3 is 14.8 Å². The first-order chi connectivity index (χ1) is 9.87. The molecule has 3 nitrogen and oxygen atoms in total. The molecule has 1 unspecified atom stereocenters. The van der Waals surface area contributed by atoms with Crippen LogP contribution in [0.1, 0.15) is 24.9 Å². The van der Waals surface area contributed by atoms with E-state index in [0.717, 1.165) is 6.42 Å². The van der Waals surface area contributed by atoms with Gasteiger partial charge in [0.1, 0.15) is 18.2 Å². The largest absolute Gasteiger partial charge is 0.496 e. The topological polar surface area (TPSA) is 30.5 Å². The minimum atomic E-state index is -4.39. The third-order valence-electron chi connectivity index (χ3n) is 2.76. The SMILES string of the molecule is CCCNC(COCC(F)(F)F)c1cc(F)ccc1OC. The summed E-state index contributed by atoms with van der Waals surface area (Å²) in [6.45, 7) is 0.928. The van der Waals surface area contributed by atoms with E-state index in [2.05, 4.69) is 10.1 Å². The lowest BCUT2D eigenvalue weighted by molar-refractivity contribution is -0.175. The van der Waals surface area contributed by atoms with E-state index in [-0.39, 0.29) is 6.61 Å². The molecular formula is C14H19F4NO2. The van der Waals surface area contributed by atoms with Crippen molar-refractivity contribution in [1.29, 1.82) is 0 Å². The first-order valence-corrected chi connectivity index (χ1v) is 6.58. The first-order valence-electron chi connectivity index (χ1n) is 6.58. The monoisotopic (exact) mass is 309 g/mol. The van der Waals surface area contributed by atoms with Crippen LogP contribution in [-0.2, 0) is 4.74 Å². The van der Waals surface area contributed by atoms with Gasteiger partial charge in [0, 0.05) is 5.56 Å². The fourth-order valence-corrected chi connectivity index (χ4v) is 1.85. The van der Waals surface area contributed by atoms with Gasteiger partial charge in [0.25, 0.3) is 0 Å². The molecule has 0 saturated heterocycles. The second-order valence-corrected chi connectivity index (χ2v) is 4.52. The molecule has 0 aliphatic rings. The van der Waals surface area contributed by atoms with E-state index < -0.39 is 24.6 Å². The highest BCUT2D eigenvalue weighted by Gasteiger charge is 2.28. The van der Waals surface area contributed by atoms with Crippen LogP contribution in [0.15, 0.2) is 18.2 Å². The number of ether oxygens (including phenoxy) is 2. The van der Waals surface area contributed by atoms with Crippen molar-refractivity contribution in [3.63, 3.8) is 0 Å². The summed E-state index contributed by atoms with van der Waals surface area (Å²) < 4.78 is 59.6. The van der Waals surface area contributed by atoms with Gasteiger partial charge >= 0.3 is 6.18 Å². The molecule has 0 amide bonds. The van der Waals surface area contributed by atoms with Gasteiger partial charge in [0.05, 0.1) is 19.8 Å². The molecule has 120 valence electrons. The zero-order valence-corrected chi connectivity index (χ0v) is 12.0. The Kier molecular flexibility index (Phi) is 6.91. The summed E-state index contributed by atoms with van der Waals surface area (Å²) in [5, 5.41) is 3.03. The molecule has 1 N–H and O–H groups in total. The summed E-state index contributed by atoms with van der Waals surface area (Å²) in [6, 6.07) is 3.34. The van der Waals surface area contributed by atoms with Crippen molar-refractivity contribution in [2.75, 3.05) is 26.9 Å². The van der Waals surface area contributed by atoms with Crippen LogP contribution >= 0.6 is 0 Å². The van der Waals surface area contributed by atoms with Crippen LogP contribution in [0.5, 0.6) is 5.75 Å². The van der Waals surface area contributed by atoms with E-state index in [1.165, 1.54) is 25.3 Å². The molecule has 1 rings (SSSR count). The third kappa shape index (κ3) is 6.31. The van der Waals surface area contributed by atoms with E-state index in [4.69, 9.17) is 4.74 Å². The number of hydrogen-bond donors (Lipinski definition) is 1. The highest BCUT2D eigenvalue weighted by Crippen LogP contribution is 2.27. The summed E-state index contributed by atoms with van der Waals surface area (Å²) >= 11 is 0. The molecule has 0 heterocycles. The van der Waals surface area contributed by atoms with Crippen LogP contribution in [0, 0.1) is 5.82 Å². The molecule has 0 spiro atoms. The second kappa shape index (κ2) is 8.19. The molecule has 1 aromatic carbocycles. The Morgan fingerprint density at radius 3 is 2.57 bits per heavy atom. The Labute approximate surface area is 121 Å². The minimum Gasteiger partial charge on any atom is -0.496 e. The van der Waals surface area contributed by atoms with E-state index >= 15 is 0 Å². The molecule has 0 aliphatic heterocycles. The lowest BCUT2D eigenvalue weighted by Gasteiger charge is -2.21. The second-order valence-electron chi connectivity index (χ2n) is 4.52. The van der Waals surface area contributed by atoms with E-state index in [9.17, 15) is 17.6 Å². The quantitative estimate of drug-likeness (QED) is 0.746. The Morgan fingerprint density at radius 1 is 1.29 bits per heavy atom. The zero-order valence-electron chi connectivity index (χ0n) is 12.0. The highest BCUT2D eigenvalue weighted by atomic mass is 19.4. The van der Waals surface area contributed by atoms with Crippen LogP contribution in [0.25, 0.3) is 0 Å². The third-order valence-corrected chi connectivity index (χ3v) is 2.76. The van der Waals surface area contributed by atoms with E-state index in [1.807, 2.05) is 6.92 Å². The number of alkyl halides is 3. The zero-order chi connectivity index (χ0) is 15.9. The number of benzene rings is 1. The molecule has 0 aliphatic carbocycles. The van der Waals surface area contributed by atoms with Crippen molar-refractivity contribution < 1.29 is 27.0 Å². The van der Waals surface area contributed by atoms with E-state index in [0.29, 0.717) is 17.9 Å². The summed E-state index contributed by atoms with van der Waals surface area (Å²) in [4.78, 5) is 0. The smallest absolute Gasteiger partial charge is 0.411 e. The maximum absolute atomic E-state index is 13.4. The molecular weight excluding hydrogens is 290 g/mol. The molecule has 0 fully saturated rings. The summed E-state index contributed by atoms with van der Waals surface area (Å²) in [6.07, 6.45) is -3.60. The lowest BCUT2D eigenvalue weighted by atomic mass is 10.1. The van der Waals surface area contributed by atoms with Crippen molar-refractivity contribution in [2.24, 2.45) is 0 Å². The predicted octanol–water partition coefficient (Wildman–Crippen LogP) is 3.45. The number of halogens is 4. The van der Waals surface area contributed by atoms with Gasteiger partial charge in [0.2, 0.25) is 0 Å². The summed E-state index contributed by atoms with van der Waals surface area (Å²) in [5.41, 5.74) is 0.438. The molecule has 7 heteroatoms. The van der Waals surface area contributed by atoms with Crippen LogP contribution in [0.4, 0.5) is 17.6 Å². The van der Waals surface area contributed by atoms with Crippen LogP contribution in [-0.4, -0.2) is 33.0 Å². The molecule has 0 saturated carbocycles. The molecule has 0 radical (unpaired) electrons. The Balaban J connectivity index is 2.83. The Bertz CT molecular complexity index is 437. The van der Waals surface area contributed by atoms with Crippen LogP contribution in [0.3, 0.4) is 0 Å². The van der Waals surface area contributed by atoms with Gasteiger partial charge in [-0.3, -0.25) is 0 Å².